The molecular weight excluding hydrogens is 406 g/mol. The van der Waals surface area contributed by atoms with Crippen LogP contribution in [0.25, 0.3) is 0 Å². The molecule has 1 unspecified atom stereocenters. The Hall–Kier alpha value is -3.07. The van der Waals surface area contributed by atoms with E-state index in [1.54, 1.807) is 43.3 Å². The summed E-state index contributed by atoms with van der Waals surface area (Å²) in [5.74, 6) is -0.337. The van der Waals surface area contributed by atoms with Crippen LogP contribution in [0, 0.1) is 6.92 Å². The molecule has 0 radical (unpaired) electrons. The van der Waals surface area contributed by atoms with Gasteiger partial charge >= 0.3 is 0 Å². The van der Waals surface area contributed by atoms with Crippen molar-refractivity contribution in [3.05, 3.63) is 53.6 Å². The summed E-state index contributed by atoms with van der Waals surface area (Å²) in [6.07, 6.45) is 2.23. The van der Waals surface area contributed by atoms with E-state index in [0.29, 0.717) is 30.0 Å². The molecule has 1 aliphatic rings. The van der Waals surface area contributed by atoms with Crippen molar-refractivity contribution in [2.75, 3.05) is 18.4 Å². The van der Waals surface area contributed by atoms with Crippen LogP contribution in [-0.2, 0) is 14.8 Å². The van der Waals surface area contributed by atoms with Crippen molar-refractivity contribution < 1.29 is 22.7 Å². The lowest BCUT2D eigenvalue weighted by molar-refractivity contribution is -0.122. The monoisotopic (exact) mass is 431 g/mol. The van der Waals surface area contributed by atoms with Gasteiger partial charge in [0.25, 0.3) is 15.9 Å². The van der Waals surface area contributed by atoms with Gasteiger partial charge in [0.05, 0.1) is 17.7 Å². The summed E-state index contributed by atoms with van der Waals surface area (Å²) < 4.78 is 33.7. The molecule has 0 aromatic heterocycles. The average Bonchev–Trinajstić information content (AvgIpc) is 2.92. The topological polar surface area (TPSA) is 114 Å². The highest BCUT2D eigenvalue weighted by Gasteiger charge is 2.25. The molecule has 3 N–H and O–H groups in total. The van der Waals surface area contributed by atoms with Gasteiger partial charge in [0, 0.05) is 12.1 Å². The number of rotatable bonds is 6. The quantitative estimate of drug-likeness (QED) is 0.649. The first-order valence-electron chi connectivity index (χ1n) is 9.67. The van der Waals surface area contributed by atoms with E-state index in [0.717, 1.165) is 12.8 Å². The maximum absolute atomic E-state index is 13.0. The van der Waals surface area contributed by atoms with Crippen LogP contribution in [0.3, 0.4) is 0 Å². The Labute approximate surface area is 176 Å². The summed E-state index contributed by atoms with van der Waals surface area (Å²) in [6.45, 7) is 2.24. The minimum absolute atomic E-state index is 0.0219. The molecule has 1 saturated heterocycles. The van der Waals surface area contributed by atoms with E-state index < -0.39 is 22.0 Å². The highest BCUT2D eigenvalue weighted by atomic mass is 32.2. The second-order valence-corrected chi connectivity index (χ2v) is 8.75. The molecule has 1 heterocycles. The highest BCUT2D eigenvalue weighted by molar-refractivity contribution is 7.92. The maximum Gasteiger partial charge on any atom is 0.262 e. The minimum atomic E-state index is -3.97. The Bertz CT molecular complexity index is 1050. The second kappa shape index (κ2) is 9.17. The summed E-state index contributed by atoms with van der Waals surface area (Å²) in [5.41, 5.74) is 0.948. The standard InChI is InChI=1S/C21H25N3O5S/c1-14-10-11-15(20(25)23-17-8-5-6-12-22-21(17)26)13-19(14)30(27,28)24-16-7-3-4-9-18(16)29-2/h3-4,7,9-11,13,17,24H,5-6,8,12H2,1-2H3,(H,22,26)(H,23,25). The van der Waals surface area contributed by atoms with Crippen LogP contribution in [-0.4, -0.2) is 39.9 Å². The Balaban J connectivity index is 1.85. The largest absolute Gasteiger partial charge is 0.495 e. The predicted octanol–water partition coefficient (Wildman–Crippen LogP) is 2.20. The lowest BCUT2D eigenvalue weighted by Gasteiger charge is -2.17. The van der Waals surface area contributed by atoms with Gasteiger partial charge in [-0.1, -0.05) is 18.2 Å². The molecule has 3 rings (SSSR count). The fraction of sp³-hybridized carbons (Fsp3) is 0.333. The number of benzene rings is 2. The molecule has 0 bridgehead atoms. The van der Waals surface area contributed by atoms with Gasteiger partial charge in [-0.2, -0.15) is 0 Å². The zero-order valence-electron chi connectivity index (χ0n) is 16.9. The van der Waals surface area contributed by atoms with Crippen molar-refractivity contribution in [2.24, 2.45) is 0 Å². The molecule has 1 atom stereocenters. The van der Waals surface area contributed by atoms with Crippen LogP contribution in [0.4, 0.5) is 5.69 Å². The van der Waals surface area contributed by atoms with Crippen LogP contribution in [0.2, 0.25) is 0 Å². The highest BCUT2D eigenvalue weighted by Crippen LogP contribution is 2.27. The number of hydrogen-bond acceptors (Lipinski definition) is 5. The molecule has 0 aliphatic carbocycles. The smallest absolute Gasteiger partial charge is 0.262 e. The lowest BCUT2D eigenvalue weighted by Crippen LogP contribution is -2.45. The van der Waals surface area contributed by atoms with Gasteiger partial charge in [0.1, 0.15) is 11.8 Å². The molecule has 8 nitrogen and oxygen atoms in total. The van der Waals surface area contributed by atoms with Crippen molar-refractivity contribution in [2.45, 2.75) is 37.1 Å². The first kappa shape index (κ1) is 21.6. The predicted molar refractivity (Wildman–Crippen MR) is 113 cm³/mol. The van der Waals surface area contributed by atoms with Gasteiger partial charge in [-0.25, -0.2) is 8.42 Å². The Morgan fingerprint density at radius 3 is 2.70 bits per heavy atom. The Morgan fingerprint density at radius 1 is 1.17 bits per heavy atom. The van der Waals surface area contributed by atoms with Gasteiger partial charge in [-0.3, -0.25) is 14.3 Å². The number of carbonyl (C=O) groups is 2. The first-order chi connectivity index (χ1) is 14.3. The molecule has 2 aromatic carbocycles. The fourth-order valence-corrected chi connectivity index (χ4v) is 4.62. The van der Waals surface area contributed by atoms with E-state index in [4.69, 9.17) is 4.74 Å². The summed E-state index contributed by atoms with van der Waals surface area (Å²) >= 11 is 0. The zero-order chi connectivity index (χ0) is 21.7. The van der Waals surface area contributed by atoms with Crippen molar-refractivity contribution in [1.82, 2.24) is 10.6 Å². The van der Waals surface area contributed by atoms with Gasteiger partial charge in [-0.15, -0.1) is 0 Å². The molecule has 2 amide bonds. The number of amides is 2. The number of anilines is 1. The van der Waals surface area contributed by atoms with Gasteiger partial charge in [-0.05, 0) is 56.0 Å². The number of methoxy groups -OCH3 is 1. The van der Waals surface area contributed by atoms with Gasteiger partial charge < -0.3 is 15.4 Å². The summed E-state index contributed by atoms with van der Waals surface area (Å²) in [6, 6.07) is 10.5. The number of hydrogen-bond donors (Lipinski definition) is 3. The molecule has 30 heavy (non-hydrogen) atoms. The van der Waals surface area contributed by atoms with E-state index >= 15 is 0 Å². The molecule has 0 spiro atoms. The zero-order valence-corrected chi connectivity index (χ0v) is 17.7. The summed E-state index contributed by atoms with van der Waals surface area (Å²) in [7, 11) is -2.52. The maximum atomic E-state index is 13.0. The van der Waals surface area contributed by atoms with Crippen LogP contribution in [0.5, 0.6) is 5.75 Å². The number of aryl methyl sites for hydroxylation is 1. The van der Waals surface area contributed by atoms with Gasteiger partial charge in [0.15, 0.2) is 0 Å². The molecule has 0 saturated carbocycles. The SMILES string of the molecule is COc1ccccc1NS(=O)(=O)c1cc(C(=O)NC2CCCCNC2=O)ccc1C. The number of sulfonamides is 1. The third-order valence-corrected chi connectivity index (χ3v) is 6.44. The number of carbonyl (C=O) groups excluding carboxylic acids is 2. The van der Waals surface area contributed by atoms with Crippen molar-refractivity contribution in [1.29, 1.82) is 0 Å². The lowest BCUT2D eigenvalue weighted by atomic mass is 10.1. The Morgan fingerprint density at radius 2 is 1.93 bits per heavy atom. The normalized spacial score (nSPS) is 16.9. The third kappa shape index (κ3) is 4.91. The second-order valence-electron chi connectivity index (χ2n) is 7.10. The van der Waals surface area contributed by atoms with Crippen molar-refractivity contribution in [3.8, 4) is 5.75 Å². The molecule has 160 valence electrons. The van der Waals surface area contributed by atoms with Crippen LogP contribution >= 0.6 is 0 Å². The number of ether oxygens (including phenoxy) is 1. The van der Waals surface area contributed by atoms with E-state index in [-0.39, 0.29) is 16.4 Å². The molecular formula is C21H25N3O5S. The molecule has 1 fully saturated rings. The van der Waals surface area contributed by atoms with Crippen molar-refractivity contribution >= 4 is 27.5 Å². The fourth-order valence-electron chi connectivity index (χ4n) is 3.28. The molecule has 9 heteroatoms. The molecule has 1 aliphatic heterocycles. The summed E-state index contributed by atoms with van der Waals surface area (Å²) in [4.78, 5) is 24.8. The average molecular weight is 432 g/mol. The first-order valence-corrected chi connectivity index (χ1v) is 11.1. The minimum Gasteiger partial charge on any atom is -0.495 e. The van der Waals surface area contributed by atoms with E-state index in [2.05, 4.69) is 15.4 Å². The van der Waals surface area contributed by atoms with Gasteiger partial charge in [0.2, 0.25) is 5.91 Å². The van der Waals surface area contributed by atoms with Crippen LogP contribution < -0.4 is 20.1 Å². The van der Waals surface area contributed by atoms with Crippen LogP contribution in [0.15, 0.2) is 47.4 Å². The number of nitrogens with one attached hydrogen (secondary N) is 3. The van der Waals surface area contributed by atoms with Crippen LogP contribution in [0.1, 0.15) is 35.2 Å². The van der Waals surface area contributed by atoms with E-state index in [9.17, 15) is 18.0 Å². The molecule has 2 aromatic rings. The summed E-state index contributed by atoms with van der Waals surface area (Å²) in [5, 5.41) is 5.47. The Kier molecular flexibility index (Phi) is 6.61. The van der Waals surface area contributed by atoms with Crippen molar-refractivity contribution in [3.63, 3.8) is 0 Å². The third-order valence-electron chi connectivity index (χ3n) is 4.93. The van der Waals surface area contributed by atoms with E-state index in [1.807, 2.05) is 0 Å². The number of para-hydroxylation sites is 2. The van der Waals surface area contributed by atoms with E-state index in [1.165, 1.54) is 13.2 Å².